The summed E-state index contributed by atoms with van der Waals surface area (Å²) in [5.41, 5.74) is 0.625. The first kappa shape index (κ1) is 15.0. The molecule has 0 unspecified atom stereocenters. The van der Waals surface area contributed by atoms with Crippen molar-refractivity contribution in [3.63, 3.8) is 0 Å². The van der Waals surface area contributed by atoms with E-state index in [-0.39, 0.29) is 5.91 Å². The molecular formula is C15H21N5O. The van der Waals surface area contributed by atoms with Crippen LogP contribution in [-0.4, -0.2) is 38.9 Å². The molecule has 21 heavy (non-hydrogen) atoms. The Labute approximate surface area is 124 Å². The molecule has 0 radical (unpaired) electrons. The molecule has 0 saturated heterocycles. The summed E-state index contributed by atoms with van der Waals surface area (Å²) in [5.74, 6) is 1.54. The van der Waals surface area contributed by atoms with Crippen LogP contribution >= 0.6 is 0 Å². The molecule has 0 saturated carbocycles. The van der Waals surface area contributed by atoms with E-state index in [0.29, 0.717) is 12.1 Å². The molecule has 2 aromatic rings. The minimum Gasteiger partial charge on any atom is -0.370 e. The first-order valence-corrected chi connectivity index (χ1v) is 7.03. The summed E-state index contributed by atoms with van der Waals surface area (Å²) in [5, 5.41) is 3.18. The molecule has 0 aromatic carbocycles. The van der Waals surface area contributed by atoms with Gasteiger partial charge in [0.2, 0.25) is 0 Å². The largest absolute Gasteiger partial charge is 0.370 e. The summed E-state index contributed by atoms with van der Waals surface area (Å²) in [6.07, 6.45) is 6.26. The van der Waals surface area contributed by atoms with Gasteiger partial charge in [0.1, 0.15) is 11.6 Å². The Kier molecular flexibility index (Phi) is 4.92. The Morgan fingerprint density at radius 3 is 2.86 bits per heavy atom. The average Bonchev–Trinajstić information content (AvgIpc) is 2.90. The lowest BCUT2D eigenvalue weighted by molar-refractivity contribution is 0.0780. The highest BCUT2D eigenvalue weighted by atomic mass is 16.2. The van der Waals surface area contributed by atoms with Gasteiger partial charge in [0.05, 0.1) is 6.54 Å². The maximum Gasteiger partial charge on any atom is 0.254 e. The zero-order valence-corrected chi connectivity index (χ0v) is 12.7. The molecule has 0 spiro atoms. The minimum atomic E-state index is -0.0417. The molecule has 0 aliphatic carbocycles. The van der Waals surface area contributed by atoms with E-state index in [1.165, 1.54) is 0 Å². The number of carbonyl (C=O) groups excluding carboxylic acids is 1. The van der Waals surface area contributed by atoms with Crippen LogP contribution in [0.25, 0.3) is 0 Å². The topological polar surface area (TPSA) is 63.1 Å². The standard InChI is InChI=1S/C15H21N5O/c1-4-6-16-13-10-12(5-7-17-13)15(21)20(3)11-14-18-8-9-19(14)2/h5,7-10H,4,6,11H2,1-3H3,(H,16,17). The van der Waals surface area contributed by atoms with Gasteiger partial charge in [-0.3, -0.25) is 4.79 Å². The molecular weight excluding hydrogens is 266 g/mol. The van der Waals surface area contributed by atoms with E-state index >= 15 is 0 Å². The maximum atomic E-state index is 12.4. The Bertz CT molecular complexity index is 608. The van der Waals surface area contributed by atoms with Crippen molar-refractivity contribution in [3.05, 3.63) is 42.1 Å². The quantitative estimate of drug-likeness (QED) is 0.881. The number of amides is 1. The van der Waals surface area contributed by atoms with Crippen molar-refractivity contribution in [1.29, 1.82) is 0 Å². The van der Waals surface area contributed by atoms with Gasteiger partial charge in [-0.05, 0) is 18.6 Å². The number of rotatable bonds is 6. The maximum absolute atomic E-state index is 12.4. The summed E-state index contributed by atoms with van der Waals surface area (Å²) >= 11 is 0. The average molecular weight is 287 g/mol. The van der Waals surface area contributed by atoms with Crippen LogP contribution in [0.5, 0.6) is 0 Å². The van der Waals surface area contributed by atoms with Crippen molar-refractivity contribution >= 4 is 11.7 Å². The number of imidazole rings is 1. The highest BCUT2D eigenvalue weighted by molar-refractivity contribution is 5.94. The van der Waals surface area contributed by atoms with Crippen LogP contribution in [0.3, 0.4) is 0 Å². The van der Waals surface area contributed by atoms with E-state index in [9.17, 15) is 4.79 Å². The van der Waals surface area contributed by atoms with Crippen LogP contribution in [0, 0.1) is 0 Å². The van der Waals surface area contributed by atoms with Crippen LogP contribution < -0.4 is 5.32 Å². The van der Waals surface area contributed by atoms with Gasteiger partial charge < -0.3 is 14.8 Å². The second kappa shape index (κ2) is 6.88. The summed E-state index contributed by atoms with van der Waals surface area (Å²) in [4.78, 5) is 22.5. The fourth-order valence-corrected chi connectivity index (χ4v) is 1.97. The highest BCUT2D eigenvalue weighted by Crippen LogP contribution is 2.11. The van der Waals surface area contributed by atoms with E-state index in [2.05, 4.69) is 22.2 Å². The SMILES string of the molecule is CCCNc1cc(C(=O)N(C)Cc2nccn2C)ccn1. The van der Waals surface area contributed by atoms with Crippen molar-refractivity contribution in [2.75, 3.05) is 18.9 Å². The molecule has 2 heterocycles. The number of hydrogen-bond acceptors (Lipinski definition) is 4. The number of pyridine rings is 1. The first-order chi connectivity index (χ1) is 10.1. The number of anilines is 1. The van der Waals surface area contributed by atoms with Crippen molar-refractivity contribution in [2.24, 2.45) is 7.05 Å². The van der Waals surface area contributed by atoms with E-state index in [0.717, 1.165) is 24.6 Å². The first-order valence-electron chi connectivity index (χ1n) is 7.03. The van der Waals surface area contributed by atoms with E-state index in [1.54, 1.807) is 36.5 Å². The van der Waals surface area contributed by atoms with Gasteiger partial charge in [-0.25, -0.2) is 9.97 Å². The van der Waals surface area contributed by atoms with Crippen molar-refractivity contribution in [2.45, 2.75) is 19.9 Å². The molecule has 2 aromatic heterocycles. The Hall–Kier alpha value is -2.37. The molecule has 0 fully saturated rings. The van der Waals surface area contributed by atoms with Crippen LogP contribution in [-0.2, 0) is 13.6 Å². The van der Waals surface area contributed by atoms with Crippen LogP contribution in [0.2, 0.25) is 0 Å². The lowest BCUT2D eigenvalue weighted by Gasteiger charge is -2.17. The van der Waals surface area contributed by atoms with Crippen LogP contribution in [0.15, 0.2) is 30.7 Å². The van der Waals surface area contributed by atoms with Gasteiger partial charge in [0.15, 0.2) is 0 Å². The monoisotopic (exact) mass is 287 g/mol. The third-order valence-corrected chi connectivity index (χ3v) is 3.21. The van der Waals surface area contributed by atoms with Gasteiger partial charge in [-0.15, -0.1) is 0 Å². The predicted molar refractivity (Wildman–Crippen MR) is 82.0 cm³/mol. The molecule has 0 aliphatic rings. The highest BCUT2D eigenvalue weighted by Gasteiger charge is 2.14. The Morgan fingerprint density at radius 1 is 1.38 bits per heavy atom. The summed E-state index contributed by atoms with van der Waals surface area (Å²) in [6.45, 7) is 3.40. The molecule has 6 heteroatoms. The summed E-state index contributed by atoms with van der Waals surface area (Å²) in [7, 11) is 3.69. The Balaban J connectivity index is 2.06. The van der Waals surface area contributed by atoms with Gasteiger partial charge in [-0.1, -0.05) is 6.92 Å². The summed E-state index contributed by atoms with van der Waals surface area (Å²) in [6, 6.07) is 3.52. The molecule has 0 atom stereocenters. The molecule has 1 amide bonds. The third-order valence-electron chi connectivity index (χ3n) is 3.21. The smallest absolute Gasteiger partial charge is 0.254 e. The fourth-order valence-electron chi connectivity index (χ4n) is 1.97. The van der Waals surface area contributed by atoms with Crippen molar-refractivity contribution < 1.29 is 4.79 Å². The number of nitrogens with one attached hydrogen (secondary N) is 1. The lowest BCUT2D eigenvalue weighted by atomic mass is 10.2. The molecule has 112 valence electrons. The normalized spacial score (nSPS) is 10.4. The van der Waals surface area contributed by atoms with Gasteiger partial charge in [-0.2, -0.15) is 0 Å². The van der Waals surface area contributed by atoms with E-state index < -0.39 is 0 Å². The van der Waals surface area contributed by atoms with E-state index in [1.807, 2.05) is 17.8 Å². The Morgan fingerprint density at radius 2 is 2.19 bits per heavy atom. The lowest BCUT2D eigenvalue weighted by Crippen LogP contribution is -2.27. The second-order valence-corrected chi connectivity index (χ2v) is 4.97. The van der Waals surface area contributed by atoms with Crippen LogP contribution in [0.4, 0.5) is 5.82 Å². The zero-order chi connectivity index (χ0) is 15.2. The minimum absolute atomic E-state index is 0.0417. The zero-order valence-electron chi connectivity index (χ0n) is 12.7. The third kappa shape index (κ3) is 3.81. The molecule has 1 N–H and O–H groups in total. The molecule has 0 bridgehead atoms. The number of aryl methyl sites for hydroxylation is 1. The van der Waals surface area contributed by atoms with Crippen LogP contribution in [0.1, 0.15) is 29.5 Å². The van der Waals surface area contributed by atoms with Gasteiger partial charge >= 0.3 is 0 Å². The fraction of sp³-hybridized carbons (Fsp3) is 0.400. The number of carbonyl (C=O) groups is 1. The molecule has 0 aliphatic heterocycles. The second-order valence-electron chi connectivity index (χ2n) is 4.97. The van der Waals surface area contributed by atoms with E-state index in [4.69, 9.17) is 0 Å². The van der Waals surface area contributed by atoms with Crippen molar-refractivity contribution in [1.82, 2.24) is 19.4 Å². The molecule has 6 nitrogen and oxygen atoms in total. The predicted octanol–water partition coefficient (Wildman–Crippen LogP) is 1.91. The number of hydrogen-bond donors (Lipinski definition) is 1. The number of nitrogens with zero attached hydrogens (tertiary/aromatic N) is 4. The summed E-state index contributed by atoms with van der Waals surface area (Å²) < 4.78 is 1.91. The van der Waals surface area contributed by atoms with Gasteiger partial charge in [0.25, 0.3) is 5.91 Å². The molecule has 2 rings (SSSR count). The van der Waals surface area contributed by atoms with Crippen molar-refractivity contribution in [3.8, 4) is 0 Å². The van der Waals surface area contributed by atoms with Gasteiger partial charge in [0, 0.05) is 44.8 Å². The number of aromatic nitrogens is 3.